The highest BCUT2D eigenvalue weighted by molar-refractivity contribution is 5.81. The van der Waals surface area contributed by atoms with Crippen LogP contribution in [0.5, 0.6) is 5.75 Å². The van der Waals surface area contributed by atoms with Gasteiger partial charge in [0.25, 0.3) is 5.91 Å². The number of carbonyl (C=O) groups excluding carboxylic acids is 1. The summed E-state index contributed by atoms with van der Waals surface area (Å²) in [6.07, 6.45) is 1.27. The van der Waals surface area contributed by atoms with Crippen LogP contribution in [0.3, 0.4) is 0 Å². The number of nitriles is 1. The van der Waals surface area contributed by atoms with Gasteiger partial charge >= 0.3 is 0 Å². The van der Waals surface area contributed by atoms with Gasteiger partial charge in [0.05, 0.1) is 5.56 Å². The summed E-state index contributed by atoms with van der Waals surface area (Å²) in [5.74, 6) is 0.180. The first kappa shape index (κ1) is 15.8. The van der Waals surface area contributed by atoms with Crippen LogP contribution in [-0.2, 0) is 4.79 Å². The lowest BCUT2D eigenvalue weighted by Crippen LogP contribution is -2.41. The fourth-order valence-corrected chi connectivity index (χ4v) is 1.85. The molecule has 0 radical (unpaired) electrons. The van der Waals surface area contributed by atoms with Crippen molar-refractivity contribution in [1.29, 1.82) is 5.26 Å². The zero-order valence-electron chi connectivity index (χ0n) is 12.1. The van der Waals surface area contributed by atoms with Crippen molar-refractivity contribution in [1.82, 2.24) is 5.32 Å². The maximum absolute atomic E-state index is 12.0. The number of carbonyl (C=O) groups is 1. The number of ether oxygens (including phenoxy) is 1. The van der Waals surface area contributed by atoms with Crippen molar-refractivity contribution in [3.63, 3.8) is 0 Å². The molecule has 0 aliphatic carbocycles. The quantitative estimate of drug-likeness (QED) is 0.779. The van der Waals surface area contributed by atoms with E-state index in [1.807, 2.05) is 13.0 Å². The smallest absolute Gasteiger partial charge is 0.260 e. The minimum Gasteiger partial charge on any atom is -0.480 e. The molecule has 108 valence electrons. The lowest BCUT2D eigenvalue weighted by molar-refractivity contribution is -0.127. The molecule has 1 rings (SSSR count). The van der Waals surface area contributed by atoms with E-state index in [2.05, 4.69) is 12.2 Å². The molecule has 5 nitrogen and oxygen atoms in total. The van der Waals surface area contributed by atoms with Crippen LogP contribution in [0.15, 0.2) is 18.2 Å². The normalized spacial score (nSPS) is 13.1. The van der Waals surface area contributed by atoms with Gasteiger partial charge in [0.15, 0.2) is 6.10 Å². The third-order valence-corrected chi connectivity index (χ3v) is 2.91. The van der Waals surface area contributed by atoms with E-state index >= 15 is 0 Å². The molecule has 0 saturated heterocycles. The van der Waals surface area contributed by atoms with Crippen molar-refractivity contribution in [3.8, 4) is 11.8 Å². The molecule has 1 amide bonds. The van der Waals surface area contributed by atoms with E-state index < -0.39 is 6.10 Å². The SMILES string of the molecule is CCCC(C)NC(=O)C(C)Oc1ccc(N)cc1C#N. The molecule has 0 fully saturated rings. The number of nitrogens with one attached hydrogen (secondary N) is 1. The number of rotatable bonds is 6. The Morgan fingerprint density at radius 1 is 1.50 bits per heavy atom. The average molecular weight is 275 g/mol. The summed E-state index contributed by atoms with van der Waals surface area (Å²) in [5.41, 5.74) is 6.42. The summed E-state index contributed by atoms with van der Waals surface area (Å²) in [4.78, 5) is 12.0. The summed E-state index contributed by atoms with van der Waals surface area (Å²) >= 11 is 0. The van der Waals surface area contributed by atoms with Crippen LogP contribution in [0.1, 0.15) is 39.2 Å². The molecule has 1 aromatic rings. The molecule has 0 aromatic heterocycles. The summed E-state index contributed by atoms with van der Waals surface area (Å²) < 4.78 is 5.54. The molecular weight excluding hydrogens is 254 g/mol. The van der Waals surface area contributed by atoms with Crippen molar-refractivity contribution in [2.45, 2.75) is 45.8 Å². The van der Waals surface area contributed by atoms with E-state index in [4.69, 9.17) is 15.7 Å². The summed E-state index contributed by atoms with van der Waals surface area (Å²) in [6, 6.07) is 6.89. The van der Waals surface area contributed by atoms with Gasteiger partial charge in [0.1, 0.15) is 11.8 Å². The predicted molar refractivity (Wildman–Crippen MR) is 78.2 cm³/mol. The second-order valence-corrected chi connectivity index (χ2v) is 4.83. The molecule has 20 heavy (non-hydrogen) atoms. The fourth-order valence-electron chi connectivity index (χ4n) is 1.85. The number of hydrogen-bond donors (Lipinski definition) is 2. The Morgan fingerprint density at radius 2 is 2.20 bits per heavy atom. The number of benzene rings is 1. The predicted octanol–water partition coefficient (Wildman–Crippen LogP) is 2.21. The van der Waals surface area contributed by atoms with E-state index in [1.165, 1.54) is 6.07 Å². The zero-order valence-corrected chi connectivity index (χ0v) is 12.1. The Balaban J connectivity index is 2.69. The first-order valence-corrected chi connectivity index (χ1v) is 6.74. The lowest BCUT2D eigenvalue weighted by atomic mass is 10.2. The van der Waals surface area contributed by atoms with Crippen LogP contribution in [0, 0.1) is 11.3 Å². The van der Waals surface area contributed by atoms with E-state index in [9.17, 15) is 4.79 Å². The van der Waals surface area contributed by atoms with Gasteiger partial charge in [-0.05, 0) is 38.5 Å². The van der Waals surface area contributed by atoms with Gasteiger partial charge in [0.2, 0.25) is 0 Å². The Labute approximate surface area is 119 Å². The molecule has 2 unspecified atom stereocenters. The minimum absolute atomic E-state index is 0.111. The van der Waals surface area contributed by atoms with Crippen LogP contribution >= 0.6 is 0 Å². The maximum Gasteiger partial charge on any atom is 0.260 e. The van der Waals surface area contributed by atoms with Gasteiger partial charge in [-0.2, -0.15) is 5.26 Å². The van der Waals surface area contributed by atoms with Crippen LogP contribution < -0.4 is 15.8 Å². The van der Waals surface area contributed by atoms with Gasteiger partial charge in [-0.15, -0.1) is 0 Å². The maximum atomic E-state index is 12.0. The Kier molecular flexibility index (Phi) is 5.85. The topological polar surface area (TPSA) is 88.1 Å². The second-order valence-electron chi connectivity index (χ2n) is 4.83. The standard InChI is InChI=1S/C15H21N3O2/c1-4-5-10(2)18-15(19)11(3)20-14-7-6-13(17)8-12(14)9-16/h6-8,10-11H,4-5,17H2,1-3H3,(H,18,19). The Hall–Kier alpha value is -2.22. The molecule has 1 aromatic carbocycles. The van der Waals surface area contributed by atoms with Gasteiger partial charge in [-0.3, -0.25) is 4.79 Å². The van der Waals surface area contributed by atoms with Gasteiger partial charge in [-0.1, -0.05) is 13.3 Å². The Morgan fingerprint density at radius 3 is 2.80 bits per heavy atom. The van der Waals surface area contributed by atoms with E-state index in [0.717, 1.165) is 12.8 Å². The van der Waals surface area contributed by atoms with Crippen molar-refractivity contribution in [2.75, 3.05) is 5.73 Å². The van der Waals surface area contributed by atoms with E-state index in [0.29, 0.717) is 17.0 Å². The van der Waals surface area contributed by atoms with Crippen molar-refractivity contribution < 1.29 is 9.53 Å². The highest BCUT2D eigenvalue weighted by Gasteiger charge is 2.18. The molecule has 0 saturated carbocycles. The first-order chi connectivity index (χ1) is 9.47. The minimum atomic E-state index is -0.662. The zero-order chi connectivity index (χ0) is 15.1. The monoisotopic (exact) mass is 275 g/mol. The van der Waals surface area contributed by atoms with E-state index in [-0.39, 0.29) is 11.9 Å². The molecule has 0 aliphatic heterocycles. The Bertz CT molecular complexity index is 508. The number of anilines is 1. The molecule has 0 aliphatic rings. The number of nitrogen functional groups attached to an aromatic ring is 1. The van der Waals surface area contributed by atoms with Gasteiger partial charge in [0, 0.05) is 11.7 Å². The molecule has 5 heteroatoms. The molecule has 0 heterocycles. The average Bonchev–Trinajstić information content (AvgIpc) is 2.40. The third-order valence-electron chi connectivity index (χ3n) is 2.91. The summed E-state index contributed by atoms with van der Waals surface area (Å²) in [7, 11) is 0. The van der Waals surface area contributed by atoms with Crippen molar-refractivity contribution >= 4 is 11.6 Å². The van der Waals surface area contributed by atoms with Crippen LogP contribution in [0.25, 0.3) is 0 Å². The van der Waals surface area contributed by atoms with Crippen molar-refractivity contribution in [2.24, 2.45) is 0 Å². The molecule has 2 atom stereocenters. The molecule has 3 N–H and O–H groups in total. The summed E-state index contributed by atoms with van der Waals surface area (Å²) in [6.45, 7) is 5.68. The largest absolute Gasteiger partial charge is 0.480 e. The number of hydrogen-bond acceptors (Lipinski definition) is 4. The molecule has 0 bridgehead atoms. The van der Waals surface area contributed by atoms with Crippen LogP contribution in [-0.4, -0.2) is 18.1 Å². The number of nitrogens with two attached hydrogens (primary N) is 1. The van der Waals surface area contributed by atoms with Crippen molar-refractivity contribution in [3.05, 3.63) is 23.8 Å². The molecular formula is C15H21N3O2. The van der Waals surface area contributed by atoms with Gasteiger partial charge < -0.3 is 15.8 Å². The highest BCUT2D eigenvalue weighted by Crippen LogP contribution is 2.21. The first-order valence-electron chi connectivity index (χ1n) is 6.74. The van der Waals surface area contributed by atoms with E-state index in [1.54, 1.807) is 19.1 Å². The summed E-state index contributed by atoms with van der Waals surface area (Å²) in [5, 5.41) is 11.9. The molecule has 0 spiro atoms. The van der Waals surface area contributed by atoms with Gasteiger partial charge in [-0.25, -0.2) is 0 Å². The van der Waals surface area contributed by atoms with Crippen LogP contribution in [0.4, 0.5) is 5.69 Å². The fraction of sp³-hybridized carbons (Fsp3) is 0.467. The third kappa shape index (κ3) is 4.47. The van der Waals surface area contributed by atoms with Crippen LogP contribution in [0.2, 0.25) is 0 Å². The number of amides is 1. The number of nitrogens with zero attached hydrogens (tertiary/aromatic N) is 1. The highest BCUT2D eigenvalue weighted by atomic mass is 16.5. The lowest BCUT2D eigenvalue weighted by Gasteiger charge is -2.19. The second kappa shape index (κ2) is 7.39.